The van der Waals surface area contributed by atoms with Crippen LogP contribution in [0.3, 0.4) is 0 Å². The lowest BCUT2D eigenvalue weighted by Crippen LogP contribution is -2.36. The Labute approximate surface area is 129 Å². The van der Waals surface area contributed by atoms with Crippen molar-refractivity contribution >= 4 is 17.9 Å². The van der Waals surface area contributed by atoms with Crippen LogP contribution in [0.15, 0.2) is 6.33 Å². The number of rotatable bonds is 5. The zero-order valence-corrected chi connectivity index (χ0v) is 13.0. The van der Waals surface area contributed by atoms with Crippen molar-refractivity contribution in [1.82, 2.24) is 19.7 Å². The van der Waals surface area contributed by atoms with Crippen molar-refractivity contribution in [2.24, 2.45) is 5.92 Å². The molecule has 1 heterocycles. The summed E-state index contributed by atoms with van der Waals surface area (Å²) in [5.74, 6) is -1.30. The molecule has 1 saturated carbocycles. The van der Waals surface area contributed by atoms with Crippen molar-refractivity contribution in [3.05, 3.63) is 6.33 Å². The molecular formula is C14H23N5O3. The van der Waals surface area contributed by atoms with Gasteiger partial charge >= 0.3 is 12.0 Å². The molecule has 1 aliphatic rings. The predicted molar refractivity (Wildman–Crippen MR) is 80.6 cm³/mol. The topological polar surface area (TPSA) is 100 Å². The van der Waals surface area contributed by atoms with E-state index >= 15 is 0 Å². The maximum absolute atomic E-state index is 12.0. The average molecular weight is 309 g/mol. The molecule has 1 atom stereocenters. The molecule has 0 saturated heterocycles. The van der Waals surface area contributed by atoms with Gasteiger partial charge in [0.1, 0.15) is 6.33 Å². The summed E-state index contributed by atoms with van der Waals surface area (Å²) >= 11 is 0. The number of aliphatic carboxylic acids is 1. The van der Waals surface area contributed by atoms with Crippen molar-refractivity contribution in [2.75, 3.05) is 18.9 Å². The molecule has 1 aromatic heterocycles. The second kappa shape index (κ2) is 7.24. The SMILES string of the molecule is CC(CN(C)C(=O)Nc1ncn(C2CCCCC2)n1)C(=O)O. The van der Waals surface area contributed by atoms with Crippen molar-refractivity contribution in [2.45, 2.75) is 45.1 Å². The van der Waals surface area contributed by atoms with Gasteiger partial charge in [-0.3, -0.25) is 10.1 Å². The molecule has 0 bridgehead atoms. The van der Waals surface area contributed by atoms with E-state index in [0.29, 0.717) is 6.04 Å². The second-order valence-electron chi connectivity index (χ2n) is 5.89. The molecule has 0 radical (unpaired) electrons. The normalized spacial score (nSPS) is 17.0. The number of nitrogens with one attached hydrogen (secondary N) is 1. The molecule has 2 rings (SSSR count). The smallest absolute Gasteiger partial charge is 0.324 e. The van der Waals surface area contributed by atoms with Crippen LogP contribution in [0.25, 0.3) is 0 Å². The maximum atomic E-state index is 12.0. The van der Waals surface area contributed by atoms with Gasteiger partial charge in [-0.2, -0.15) is 0 Å². The highest BCUT2D eigenvalue weighted by atomic mass is 16.4. The van der Waals surface area contributed by atoms with Crippen LogP contribution in [0.1, 0.15) is 45.1 Å². The summed E-state index contributed by atoms with van der Waals surface area (Å²) in [6.45, 7) is 1.69. The van der Waals surface area contributed by atoms with Gasteiger partial charge in [0, 0.05) is 13.6 Å². The zero-order valence-electron chi connectivity index (χ0n) is 13.0. The fourth-order valence-corrected chi connectivity index (χ4v) is 2.62. The highest BCUT2D eigenvalue weighted by molar-refractivity contribution is 5.87. The number of urea groups is 1. The van der Waals surface area contributed by atoms with Gasteiger partial charge < -0.3 is 10.0 Å². The number of carboxylic acid groups (broad SMARTS) is 1. The first-order chi connectivity index (χ1) is 10.5. The summed E-state index contributed by atoms with van der Waals surface area (Å²) in [4.78, 5) is 28.2. The summed E-state index contributed by atoms with van der Waals surface area (Å²) < 4.78 is 1.81. The Balaban J connectivity index is 1.88. The zero-order chi connectivity index (χ0) is 16.1. The van der Waals surface area contributed by atoms with Gasteiger partial charge in [-0.15, -0.1) is 5.10 Å². The minimum Gasteiger partial charge on any atom is -0.481 e. The van der Waals surface area contributed by atoms with Gasteiger partial charge in [-0.25, -0.2) is 14.5 Å². The van der Waals surface area contributed by atoms with Crippen LogP contribution in [0, 0.1) is 5.92 Å². The first-order valence-corrected chi connectivity index (χ1v) is 7.63. The Morgan fingerprint density at radius 3 is 2.77 bits per heavy atom. The maximum Gasteiger partial charge on any atom is 0.324 e. The fraction of sp³-hybridized carbons (Fsp3) is 0.714. The molecule has 2 N–H and O–H groups in total. The van der Waals surface area contributed by atoms with Crippen LogP contribution in [0.4, 0.5) is 10.7 Å². The average Bonchev–Trinajstić information content (AvgIpc) is 2.96. The number of hydrogen-bond acceptors (Lipinski definition) is 4. The van der Waals surface area contributed by atoms with Gasteiger partial charge in [0.25, 0.3) is 0 Å². The lowest BCUT2D eigenvalue weighted by molar-refractivity contribution is -0.141. The Morgan fingerprint density at radius 2 is 2.14 bits per heavy atom. The highest BCUT2D eigenvalue weighted by Crippen LogP contribution is 2.27. The molecule has 0 aromatic carbocycles. The molecule has 22 heavy (non-hydrogen) atoms. The van der Waals surface area contributed by atoms with E-state index in [1.807, 2.05) is 4.68 Å². The van der Waals surface area contributed by atoms with Gasteiger partial charge in [0.15, 0.2) is 0 Å². The molecule has 2 amide bonds. The second-order valence-corrected chi connectivity index (χ2v) is 5.89. The summed E-state index contributed by atoms with van der Waals surface area (Å²) in [5.41, 5.74) is 0. The number of hydrogen-bond donors (Lipinski definition) is 2. The highest BCUT2D eigenvalue weighted by Gasteiger charge is 2.20. The fourth-order valence-electron chi connectivity index (χ4n) is 2.62. The third-order valence-corrected chi connectivity index (χ3v) is 3.99. The Hall–Kier alpha value is -2.12. The van der Waals surface area contributed by atoms with Crippen molar-refractivity contribution < 1.29 is 14.7 Å². The van der Waals surface area contributed by atoms with Crippen LogP contribution < -0.4 is 5.32 Å². The van der Waals surface area contributed by atoms with Crippen molar-refractivity contribution in [3.8, 4) is 0 Å². The molecule has 1 unspecified atom stereocenters. The van der Waals surface area contributed by atoms with E-state index in [-0.39, 0.29) is 12.5 Å². The molecule has 1 aromatic rings. The third kappa shape index (κ3) is 4.19. The molecule has 0 aliphatic heterocycles. The van der Waals surface area contributed by atoms with E-state index in [4.69, 9.17) is 5.11 Å². The number of carboxylic acids is 1. The number of anilines is 1. The van der Waals surface area contributed by atoms with Gasteiger partial charge in [0.2, 0.25) is 5.95 Å². The molecule has 8 heteroatoms. The van der Waals surface area contributed by atoms with Gasteiger partial charge in [-0.05, 0) is 12.8 Å². The van der Waals surface area contributed by atoms with E-state index in [9.17, 15) is 9.59 Å². The number of amides is 2. The number of aromatic nitrogens is 3. The standard InChI is InChI=1S/C14H23N5O3/c1-10(12(20)21)8-18(2)14(22)16-13-15-9-19(17-13)11-6-4-3-5-7-11/h9-11H,3-8H2,1-2H3,(H,20,21)(H,16,17,22). The summed E-state index contributed by atoms with van der Waals surface area (Å²) in [5, 5.41) is 15.8. The largest absolute Gasteiger partial charge is 0.481 e. The van der Waals surface area contributed by atoms with E-state index in [1.54, 1.807) is 20.3 Å². The monoisotopic (exact) mass is 309 g/mol. The molecule has 1 fully saturated rings. The van der Waals surface area contributed by atoms with Crippen LogP contribution >= 0.6 is 0 Å². The first kappa shape index (κ1) is 16.3. The minimum atomic E-state index is -0.931. The van der Waals surface area contributed by atoms with E-state index in [1.165, 1.54) is 24.2 Å². The molecule has 0 spiro atoms. The molecular weight excluding hydrogens is 286 g/mol. The summed E-state index contributed by atoms with van der Waals surface area (Å²) in [6, 6.07) is -0.0499. The van der Waals surface area contributed by atoms with E-state index < -0.39 is 17.9 Å². The minimum absolute atomic E-state index is 0.129. The van der Waals surface area contributed by atoms with Crippen LogP contribution in [0.5, 0.6) is 0 Å². The van der Waals surface area contributed by atoms with Crippen LogP contribution in [0.2, 0.25) is 0 Å². The van der Waals surface area contributed by atoms with Gasteiger partial charge in [0.05, 0.1) is 12.0 Å². The Bertz CT molecular complexity index is 524. The number of nitrogens with zero attached hydrogens (tertiary/aromatic N) is 4. The molecule has 1 aliphatic carbocycles. The third-order valence-electron chi connectivity index (χ3n) is 3.99. The quantitative estimate of drug-likeness (QED) is 0.866. The lowest BCUT2D eigenvalue weighted by Gasteiger charge is -2.21. The van der Waals surface area contributed by atoms with Crippen molar-refractivity contribution in [1.29, 1.82) is 0 Å². The van der Waals surface area contributed by atoms with Crippen molar-refractivity contribution in [3.63, 3.8) is 0 Å². The van der Waals surface area contributed by atoms with E-state index in [2.05, 4.69) is 15.4 Å². The number of carbonyl (C=O) groups is 2. The predicted octanol–water partition coefficient (Wildman–Crippen LogP) is 1.97. The van der Waals surface area contributed by atoms with Crippen LogP contribution in [-0.4, -0.2) is 50.4 Å². The molecule has 122 valence electrons. The van der Waals surface area contributed by atoms with Gasteiger partial charge in [-0.1, -0.05) is 26.2 Å². The molecule has 8 nitrogen and oxygen atoms in total. The Kier molecular flexibility index (Phi) is 5.35. The summed E-state index contributed by atoms with van der Waals surface area (Å²) in [7, 11) is 1.55. The van der Waals surface area contributed by atoms with Crippen LogP contribution in [-0.2, 0) is 4.79 Å². The Morgan fingerprint density at radius 1 is 1.45 bits per heavy atom. The van der Waals surface area contributed by atoms with E-state index in [0.717, 1.165) is 12.8 Å². The lowest BCUT2D eigenvalue weighted by atomic mass is 9.96. The first-order valence-electron chi connectivity index (χ1n) is 7.63. The number of carbonyl (C=O) groups excluding carboxylic acids is 1. The summed E-state index contributed by atoms with van der Waals surface area (Å²) in [6.07, 6.45) is 7.48.